The van der Waals surface area contributed by atoms with Gasteiger partial charge < -0.3 is 10.6 Å². The van der Waals surface area contributed by atoms with Crippen molar-refractivity contribution in [2.45, 2.75) is 53.1 Å². The number of hydrogen-bond donors (Lipinski definition) is 2. The molecule has 1 aromatic rings. The first-order valence-corrected chi connectivity index (χ1v) is 7.67. The van der Waals surface area contributed by atoms with E-state index in [0.717, 1.165) is 16.5 Å². The molecule has 4 heteroatoms. The average molecular weight is 341 g/mol. The molecule has 0 aliphatic heterocycles. The van der Waals surface area contributed by atoms with E-state index in [0.29, 0.717) is 6.54 Å². The SMILES string of the molecule is CC(C)(C)CC(C)(C)NC(=O)NCc1cccc(Br)c1. The summed E-state index contributed by atoms with van der Waals surface area (Å²) in [5.74, 6) is 0. The van der Waals surface area contributed by atoms with Crippen LogP contribution in [0.5, 0.6) is 0 Å². The van der Waals surface area contributed by atoms with E-state index in [2.05, 4.69) is 61.2 Å². The number of carbonyl (C=O) groups excluding carboxylic acids is 1. The predicted octanol–water partition coefficient (Wildman–Crippen LogP) is 4.46. The molecule has 1 rings (SSSR count). The first-order valence-electron chi connectivity index (χ1n) is 6.88. The molecule has 0 spiro atoms. The van der Waals surface area contributed by atoms with Crippen LogP contribution in [-0.2, 0) is 6.54 Å². The molecule has 0 aliphatic rings. The van der Waals surface area contributed by atoms with E-state index in [4.69, 9.17) is 0 Å². The summed E-state index contributed by atoms with van der Waals surface area (Å²) in [6.45, 7) is 11.2. The molecule has 2 N–H and O–H groups in total. The minimum absolute atomic E-state index is 0.126. The molecule has 0 saturated heterocycles. The maximum atomic E-state index is 12.0. The van der Waals surface area contributed by atoms with Crippen LogP contribution in [0.25, 0.3) is 0 Å². The van der Waals surface area contributed by atoms with E-state index in [9.17, 15) is 4.79 Å². The van der Waals surface area contributed by atoms with Gasteiger partial charge in [0.25, 0.3) is 0 Å². The second-order valence-corrected chi connectivity index (χ2v) is 7.97. The van der Waals surface area contributed by atoms with Crippen LogP contribution in [0.2, 0.25) is 0 Å². The van der Waals surface area contributed by atoms with Gasteiger partial charge in [-0.2, -0.15) is 0 Å². The zero-order chi connectivity index (χ0) is 15.4. The molecule has 0 bridgehead atoms. The molecule has 112 valence electrons. The van der Waals surface area contributed by atoms with Crippen LogP contribution in [0.3, 0.4) is 0 Å². The van der Waals surface area contributed by atoms with Crippen molar-refractivity contribution >= 4 is 22.0 Å². The van der Waals surface area contributed by atoms with E-state index < -0.39 is 0 Å². The highest BCUT2D eigenvalue weighted by atomic mass is 79.9. The van der Waals surface area contributed by atoms with Gasteiger partial charge in [-0.1, -0.05) is 48.8 Å². The molecule has 0 saturated carbocycles. The second kappa shape index (κ2) is 6.61. The van der Waals surface area contributed by atoms with Gasteiger partial charge in [0.1, 0.15) is 0 Å². The number of rotatable bonds is 4. The van der Waals surface area contributed by atoms with Crippen LogP contribution < -0.4 is 10.6 Å². The van der Waals surface area contributed by atoms with Gasteiger partial charge in [0.15, 0.2) is 0 Å². The van der Waals surface area contributed by atoms with Gasteiger partial charge in [-0.25, -0.2) is 4.79 Å². The van der Waals surface area contributed by atoms with Crippen LogP contribution in [0.4, 0.5) is 4.79 Å². The molecular weight excluding hydrogens is 316 g/mol. The van der Waals surface area contributed by atoms with E-state index in [1.54, 1.807) is 0 Å². The number of urea groups is 1. The summed E-state index contributed by atoms with van der Waals surface area (Å²) >= 11 is 3.42. The Kier molecular flexibility index (Phi) is 5.63. The zero-order valence-corrected chi connectivity index (χ0v) is 14.6. The standard InChI is InChI=1S/C16H25BrN2O/c1-15(2,3)11-16(4,5)19-14(20)18-10-12-7-6-8-13(17)9-12/h6-9H,10-11H2,1-5H3,(H2,18,19,20). The molecule has 0 unspecified atom stereocenters. The number of carbonyl (C=O) groups is 1. The quantitative estimate of drug-likeness (QED) is 0.834. The Morgan fingerprint density at radius 1 is 1.20 bits per heavy atom. The lowest BCUT2D eigenvalue weighted by molar-refractivity contribution is 0.210. The maximum absolute atomic E-state index is 12.0. The van der Waals surface area contributed by atoms with Crippen LogP contribution in [0.1, 0.15) is 46.6 Å². The fraction of sp³-hybridized carbons (Fsp3) is 0.562. The number of benzene rings is 1. The summed E-state index contributed by atoms with van der Waals surface area (Å²) < 4.78 is 1.02. The summed E-state index contributed by atoms with van der Waals surface area (Å²) in [5, 5.41) is 5.93. The van der Waals surface area contributed by atoms with Crippen LogP contribution in [0.15, 0.2) is 28.7 Å². The van der Waals surface area contributed by atoms with E-state index in [1.165, 1.54) is 0 Å². The molecule has 0 atom stereocenters. The largest absolute Gasteiger partial charge is 0.334 e. The van der Waals surface area contributed by atoms with Gasteiger partial charge in [0.05, 0.1) is 0 Å². The molecule has 0 aliphatic carbocycles. The van der Waals surface area contributed by atoms with Gasteiger partial charge >= 0.3 is 6.03 Å². The minimum atomic E-state index is -0.223. The molecule has 0 aromatic heterocycles. The number of hydrogen-bond acceptors (Lipinski definition) is 1. The van der Waals surface area contributed by atoms with Gasteiger partial charge in [-0.3, -0.25) is 0 Å². The summed E-state index contributed by atoms with van der Waals surface area (Å²) in [6.07, 6.45) is 0.921. The topological polar surface area (TPSA) is 41.1 Å². The molecule has 3 nitrogen and oxygen atoms in total. The van der Waals surface area contributed by atoms with E-state index in [-0.39, 0.29) is 17.0 Å². The van der Waals surface area contributed by atoms with Crippen molar-refractivity contribution in [3.8, 4) is 0 Å². The maximum Gasteiger partial charge on any atom is 0.315 e. The molecule has 20 heavy (non-hydrogen) atoms. The van der Waals surface area contributed by atoms with E-state index in [1.807, 2.05) is 24.3 Å². The Labute approximate surface area is 130 Å². The zero-order valence-electron chi connectivity index (χ0n) is 13.0. The molecule has 0 heterocycles. The van der Waals surface area contributed by atoms with Crippen molar-refractivity contribution in [1.82, 2.24) is 10.6 Å². The third-order valence-corrected chi connectivity index (χ3v) is 3.26. The van der Waals surface area contributed by atoms with Crippen LogP contribution in [0, 0.1) is 5.41 Å². The molecule has 2 amide bonds. The smallest absolute Gasteiger partial charge is 0.315 e. The van der Waals surface area contributed by atoms with Gasteiger partial charge in [0.2, 0.25) is 0 Å². The summed E-state index contributed by atoms with van der Waals surface area (Å²) in [4.78, 5) is 12.0. The van der Waals surface area contributed by atoms with Crippen molar-refractivity contribution in [1.29, 1.82) is 0 Å². The van der Waals surface area contributed by atoms with Crippen molar-refractivity contribution in [2.75, 3.05) is 0 Å². The number of nitrogens with one attached hydrogen (secondary N) is 2. The molecule has 0 fully saturated rings. The highest BCUT2D eigenvalue weighted by Crippen LogP contribution is 2.26. The van der Waals surface area contributed by atoms with Crippen LogP contribution in [-0.4, -0.2) is 11.6 Å². The minimum Gasteiger partial charge on any atom is -0.334 e. The lowest BCUT2D eigenvalue weighted by Gasteiger charge is -2.33. The van der Waals surface area contributed by atoms with Gasteiger partial charge in [-0.15, -0.1) is 0 Å². The average Bonchev–Trinajstić information content (AvgIpc) is 2.22. The predicted molar refractivity (Wildman–Crippen MR) is 87.7 cm³/mol. The highest BCUT2D eigenvalue weighted by molar-refractivity contribution is 9.10. The summed E-state index contributed by atoms with van der Waals surface area (Å²) in [5.41, 5.74) is 1.03. The van der Waals surface area contributed by atoms with Crippen LogP contribution >= 0.6 is 15.9 Å². The monoisotopic (exact) mass is 340 g/mol. The first-order chi connectivity index (χ1) is 9.07. The first kappa shape index (κ1) is 17.0. The second-order valence-electron chi connectivity index (χ2n) is 7.06. The Morgan fingerprint density at radius 3 is 2.40 bits per heavy atom. The van der Waals surface area contributed by atoms with Gasteiger partial charge in [0, 0.05) is 16.6 Å². The Hall–Kier alpha value is -1.03. The fourth-order valence-corrected chi connectivity index (χ4v) is 3.00. The van der Waals surface area contributed by atoms with Crippen molar-refractivity contribution in [3.63, 3.8) is 0 Å². The van der Waals surface area contributed by atoms with Crippen molar-refractivity contribution < 1.29 is 4.79 Å². The molecule has 1 aromatic carbocycles. The fourth-order valence-electron chi connectivity index (χ4n) is 2.55. The summed E-state index contributed by atoms with van der Waals surface area (Å²) in [7, 11) is 0. The Morgan fingerprint density at radius 2 is 1.85 bits per heavy atom. The van der Waals surface area contributed by atoms with Gasteiger partial charge in [-0.05, 0) is 43.4 Å². The highest BCUT2D eigenvalue weighted by Gasteiger charge is 2.26. The van der Waals surface area contributed by atoms with E-state index >= 15 is 0 Å². The normalized spacial score (nSPS) is 12.1. The number of amides is 2. The molecule has 0 radical (unpaired) electrons. The summed E-state index contributed by atoms with van der Waals surface area (Å²) in [6, 6.07) is 7.80. The third kappa shape index (κ3) is 6.94. The lowest BCUT2D eigenvalue weighted by Crippen LogP contribution is -2.49. The molecular formula is C16H25BrN2O. The van der Waals surface area contributed by atoms with Crippen molar-refractivity contribution in [3.05, 3.63) is 34.3 Å². The lowest BCUT2D eigenvalue weighted by atomic mass is 9.82. The van der Waals surface area contributed by atoms with Crippen molar-refractivity contribution in [2.24, 2.45) is 5.41 Å². The Balaban J connectivity index is 2.47. The third-order valence-electron chi connectivity index (χ3n) is 2.77. The Bertz CT molecular complexity index is 464. The number of halogens is 1.